The van der Waals surface area contributed by atoms with Crippen molar-refractivity contribution in [3.05, 3.63) is 87.6 Å². The molecule has 0 saturated heterocycles. The lowest BCUT2D eigenvalue weighted by Crippen LogP contribution is -2.32. The molecule has 0 saturated carbocycles. The maximum Gasteiger partial charge on any atom is 0.336 e. The Kier molecular flexibility index (Phi) is 6.65. The van der Waals surface area contributed by atoms with Gasteiger partial charge in [0.2, 0.25) is 0 Å². The van der Waals surface area contributed by atoms with Gasteiger partial charge in [-0.25, -0.2) is 14.6 Å². The number of carbonyl (C=O) groups excluding carboxylic acids is 2. The fourth-order valence-corrected chi connectivity index (χ4v) is 5.15. The maximum atomic E-state index is 12.8. The van der Waals surface area contributed by atoms with Crippen molar-refractivity contribution < 1.29 is 19.1 Å². The summed E-state index contributed by atoms with van der Waals surface area (Å²) < 4.78 is 10.1. The zero-order valence-corrected chi connectivity index (χ0v) is 20.6. The summed E-state index contributed by atoms with van der Waals surface area (Å²) >= 11 is 1.56. The first kappa shape index (κ1) is 23.4. The molecule has 34 heavy (non-hydrogen) atoms. The molecule has 3 aromatic rings. The minimum Gasteiger partial charge on any atom is -0.466 e. The van der Waals surface area contributed by atoms with E-state index in [1.165, 1.54) is 14.2 Å². The van der Waals surface area contributed by atoms with Crippen molar-refractivity contribution in [3.8, 4) is 21.8 Å². The average molecular weight is 475 g/mol. The van der Waals surface area contributed by atoms with Gasteiger partial charge in [0.15, 0.2) is 0 Å². The van der Waals surface area contributed by atoms with Crippen LogP contribution in [0.25, 0.3) is 21.8 Å². The Hall–Kier alpha value is -3.71. The van der Waals surface area contributed by atoms with Gasteiger partial charge in [0.05, 0.1) is 37.0 Å². The largest absolute Gasteiger partial charge is 0.466 e. The summed E-state index contributed by atoms with van der Waals surface area (Å²) in [5, 5.41) is 6.03. The molecule has 0 bridgehead atoms. The smallest absolute Gasteiger partial charge is 0.336 e. The number of nitrogens with zero attached hydrogens (tertiary/aromatic N) is 1. The minimum absolute atomic E-state index is 0.380. The Bertz CT molecular complexity index is 1300. The number of benzene rings is 2. The predicted molar refractivity (Wildman–Crippen MR) is 133 cm³/mol. The number of hydrogen-bond donors (Lipinski definition) is 1. The molecule has 1 aliphatic rings. The van der Waals surface area contributed by atoms with Gasteiger partial charge in [-0.15, -0.1) is 11.3 Å². The molecule has 2 aromatic carbocycles. The summed E-state index contributed by atoms with van der Waals surface area (Å²) in [4.78, 5) is 30.4. The van der Waals surface area contributed by atoms with E-state index < -0.39 is 17.9 Å². The standard InChI is InChI=1S/C27H26N2O4S/c1-15-9-6-7-12-20(15)21-14-34-25(29-21)19-11-8-10-18(13-19)24-22(26(30)32-4)16(2)28-17(3)23(24)27(31)33-5/h6-14,24,28H,1-5H3. The summed E-state index contributed by atoms with van der Waals surface area (Å²) in [7, 11) is 2.67. The number of rotatable bonds is 5. The molecule has 1 aromatic heterocycles. The molecule has 0 spiro atoms. The second-order valence-corrected chi connectivity index (χ2v) is 8.95. The Balaban J connectivity index is 1.81. The van der Waals surface area contributed by atoms with Crippen molar-refractivity contribution in [2.45, 2.75) is 26.7 Å². The van der Waals surface area contributed by atoms with Gasteiger partial charge in [0.25, 0.3) is 0 Å². The van der Waals surface area contributed by atoms with Gasteiger partial charge in [-0.3, -0.25) is 0 Å². The van der Waals surface area contributed by atoms with Crippen molar-refractivity contribution in [2.75, 3.05) is 14.2 Å². The highest BCUT2D eigenvalue weighted by atomic mass is 32.1. The van der Waals surface area contributed by atoms with Crippen molar-refractivity contribution in [1.82, 2.24) is 10.3 Å². The summed E-state index contributed by atoms with van der Waals surface area (Å²) in [5.74, 6) is -1.62. The molecule has 0 radical (unpaired) electrons. The highest BCUT2D eigenvalue weighted by Gasteiger charge is 2.37. The van der Waals surface area contributed by atoms with E-state index in [4.69, 9.17) is 14.5 Å². The summed E-state index contributed by atoms with van der Waals surface area (Å²) in [6.07, 6.45) is 0. The van der Waals surface area contributed by atoms with Gasteiger partial charge < -0.3 is 14.8 Å². The van der Waals surface area contributed by atoms with E-state index >= 15 is 0 Å². The van der Waals surface area contributed by atoms with E-state index in [0.29, 0.717) is 22.5 Å². The van der Waals surface area contributed by atoms with E-state index in [9.17, 15) is 9.59 Å². The van der Waals surface area contributed by atoms with Gasteiger partial charge in [-0.1, -0.05) is 42.5 Å². The Morgan fingerprint density at radius 1 is 0.912 bits per heavy atom. The van der Waals surface area contributed by atoms with Crippen LogP contribution in [0, 0.1) is 6.92 Å². The van der Waals surface area contributed by atoms with E-state index in [1.54, 1.807) is 25.2 Å². The molecule has 4 rings (SSSR count). The fraction of sp³-hybridized carbons (Fsp3) is 0.222. The third-order valence-electron chi connectivity index (χ3n) is 5.96. The normalized spacial score (nSPS) is 14.1. The minimum atomic E-state index is -0.628. The number of thiazole rings is 1. The number of nitrogens with one attached hydrogen (secondary N) is 1. The van der Waals surface area contributed by atoms with Crippen LogP contribution >= 0.6 is 11.3 Å². The van der Waals surface area contributed by atoms with Crippen molar-refractivity contribution in [3.63, 3.8) is 0 Å². The molecule has 174 valence electrons. The van der Waals surface area contributed by atoms with E-state index in [2.05, 4.69) is 24.4 Å². The van der Waals surface area contributed by atoms with Crippen LogP contribution in [-0.4, -0.2) is 31.1 Å². The lowest BCUT2D eigenvalue weighted by atomic mass is 9.80. The molecule has 0 fully saturated rings. The monoisotopic (exact) mass is 474 g/mol. The molecule has 0 atom stereocenters. The number of dihydropyridines is 1. The highest BCUT2D eigenvalue weighted by molar-refractivity contribution is 7.13. The zero-order valence-electron chi connectivity index (χ0n) is 19.8. The van der Waals surface area contributed by atoms with Crippen molar-refractivity contribution in [1.29, 1.82) is 0 Å². The fourth-order valence-electron chi connectivity index (χ4n) is 4.33. The molecule has 1 N–H and O–H groups in total. The number of carbonyl (C=O) groups is 2. The van der Waals surface area contributed by atoms with Crippen LogP contribution < -0.4 is 5.32 Å². The average Bonchev–Trinajstić information content (AvgIpc) is 3.33. The van der Waals surface area contributed by atoms with E-state index in [-0.39, 0.29) is 0 Å². The first-order valence-corrected chi connectivity index (χ1v) is 11.7. The number of methoxy groups -OCH3 is 2. The van der Waals surface area contributed by atoms with Gasteiger partial charge in [-0.2, -0.15) is 0 Å². The lowest BCUT2D eigenvalue weighted by molar-refractivity contribution is -0.137. The first-order chi connectivity index (χ1) is 16.3. The van der Waals surface area contributed by atoms with Crippen molar-refractivity contribution in [2.24, 2.45) is 0 Å². The maximum absolute atomic E-state index is 12.8. The molecule has 7 heteroatoms. The number of aromatic nitrogens is 1. The van der Waals surface area contributed by atoms with Crippen LogP contribution in [-0.2, 0) is 19.1 Å². The molecule has 1 aliphatic heterocycles. The highest BCUT2D eigenvalue weighted by Crippen LogP contribution is 2.40. The van der Waals surface area contributed by atoms with Gasteiger partial charge >= 0.3 is 11.9 Å². The lowest BCUT2D eigenvalue weighted by Gasteiger charge is -2.30. The Labute approximate surface area is 202 Å². The van der Waals surface area contributed by atoms with Crippen LogP contribution in [0.4, 0.5) is 0 Å². The number of allylic oxidation sites excluding steroid dienone is 2. The quantitative estimate of drug-likeness (QED) is 0.501. The zero-order chi connectivity index (χ0) is 24.4. The SMILES string of the molecule is COC(=O)C1=C(C)NC(C)=C(C(=O)OC)C1c1cccc(-c2nc(-c3ccccc3C)cs2)c1. The second kappa shape index (κ2) is 9.65. The molecular weight excluding hydrogens is 448 g/mol. The second-order valence-electron chi connectivity index (χ2n) is 8.10. The third kappa shape index (κ3) is 4.26. The van der Waals surface area contributed by atoms with Crippen LogP contribution in [0.3, 0.4) is 0 Å². The van der Waals surface area contributed by atoms with E-state index in [0.717, 1.165) is 33.0 Å². The topological polar surface area (TPSA) is 77.5 Å². The van der Waals surface area contributed by atoms with Crippen molar-refractivity contribution >= 4 is 23.3 Å². The first-order valence-electron chi connectivity index (χ1n) is 10.8. The molecular formula is C27H26N2O4S. The predicted octanol–water partition coefficient (Wildman–Crippen LogP) is 5.37. The molecule has 0 amide bonds. The number of hydrogen-bond acceptors (Lipinski definition) is 7. The number of aryl methyl sites for hydroxylation is 1. The van der Waals surface area contributed by atoms with Gasteiger partial charge in [0.1, 0.15) is 5.01 Å². The summed E-state index contributed by atoms with van der Waals surface area (Å²) in [6.45, 7) is 5.67. The van der Waals surface area contributed by atoms with Crippen LogP contribution in [0.2, 0.25) is 0 Å². The Morgan fingerprint density at radius 2 is 1.56 bits per heavy atom. The van der Waals surface area contributed by atoms with Gasteiger partial charge in [-0.05, 0) is 38.0 Å². The third-order valence-corrected chi connectivity index (χ3v) is 6.85. The molecule has 6 nitrogen and oxygen atoms in total. The van der Waals surface area contributed by atoms with Crippen LogP contribution in [0.15, 0.2) is 76.5 Å². The summed E-state index contributed by atoms with van der Waals surface area (Å²) in [6, 6.07) is 15.9. The van der Waals surface area contributed by atoms with Crippen LogP contribution in [0.5, 0.6) is 0 Å². The number of ether oxygens (including phenoxy) is 2. The van der Waals surface area contributed by atoms with E-state index in [1.807, 2.05) is 41.8 Å². The summed E-state index contributed by atoms with van der Waals surface area (Å²) in [5.41, 5.74) is 6.91. The number of esters is 2. The van der Waals surface area contributed by atoms with Gasteiger partial charge in [0, 0.05) is 27.9 Å². The molecule has 0 aliphatic carbocycles. The Morgan fingerprint density at radius 3 is 2.18 bits per heavy atom. The molecule has 0 unspecified atom stereocenters. The molecule has 2 heterocycles. The van der Waals surface area contributed by atoms with Crippen LogP contribution in [0.1, 0.15) is 30.9 Å².